The highest BCUT2D eigenvalue weighted by Crippen LogP contribution is 2.22. The van der Waals surface area contributed by atoms with E-state index in [9.17, 15) is 8.42 Å². The average Bonchev–Trinajstić information content (AvgIpc) is 2.30. The molecule has 0 aliphatic rings. The van der Waals surface area contributed by atoms with E-state index in [0.717, 1.165) is 25.7 Å². The summed E-state index contributed by atoms with van der Waals surface area (Å²) < 4.78 is 24.6. The maximum absolute atomic E-state index is 12.3. The van der Waals surface area contributed by atoms with Gasteiger partial charge < -0.3 is 0 Å². The molecule has 0 amide bonds. The topological polar surface area (TPSA) is 34.1 Å². The van der Waals surface area contributed by atoms with Crippen LogP contribution in [0.2, 0.25) is 0 Å². The molecule has 90 valence electrons. The van der Waals surface area contributed by atoms with E-state index in [1.165, 1.54) is 0 Å². The Hall–Kier alpha value is -0.830. The van der Waals surface area contributed by atoms with Crippen LogP contribution in [0.5, 0.6) is 0 Å². The first-order valence-corrected chi connectivity index (χ1v) is 7.46. The van der Waals surface area contributed by atoms with Crippen molar-refractivity contribution in [3.05, 3.63) is 30.3 Å². The molecule has 0 radical (unpaired) electrons. The Balaban J connectivity index is 2.98. The molecule has 0 fully saturated rings. The van der Waals surface area contributed by atoms with Gasteiger partial charge in [-0.1, -0.05) is 44.9 Å². The van der Waals surface area contributed by atoms with Crippen LogP contribution in [0.15, 0.2) is 35.2 Å². The highest BCUT2D eigenvalue weighted by molar-refractivity contribution is 7.92. The summed E-state index contributed by atoms with van der Waals surface area (Å²) in [6, 6.07) is 8.78. The largest absolute Gasteiger partial charge is 0.223 e. The third kappa shape index (κ3) is 3.08. The van der Waals surface area contributed by atoms with Crippen molar-refractivity contribution in [2.45, 2.75) is 49.7 Å². The van der Waals surface area contributed by atoms with E-state index in [1.807, 2.05) is 19.9 Å². The number of hydrogen-bond donors (Lipinski definition) is 0. The van der Waals surface area contributed by atoms with Crippen molar-refractivity contribution in [2.75, 3.05) is 0 Å². The predicted molar refractivity (Wildman–Crippen MR) is 67.2 cm³/mol. The van der Waals surface area contributed by atoms with Crippen molar-refractivity contribution in [1.82, 2.24) is 0 Å². The second-order valence-corrected chi connectivity index (χ2v) is 6.29. The van der Waals surface area contributed by atoms with Gasteiger partial charge in [-0.05, 0) is 25.0 Å². The number of benzene rings is 1. The molecule has 0 spiro atoms. The van der Waals surface area contributed by atoms with Crippen LogP contribution < -0.4 is 0 Å². The highest BCUT2D eigenvalue weighted by atomic mass is 32.2. The molecule has 0 aromatic heterocycles. The van der Waals surface area contributed by atoms with Gasteiger partial charge in [0.2, 0.25) is 0 Å². The molecule has 1 rings (SSSR count). The minimum absolute atomic E-state index is 0.218. The first-order chi connectivity index (χ1) is 7.62. The quantitative estimate of drug-likeness (QED) is 0.763. The standard InChI is InChI=1S/C13H20O2S/c1-3-8-12(9-4-2)16(14,15)13-10-6-5-7-11-13/h5-7,10-12H,3-4,8-9H2,1-2H3. The molecule has 0 bridgehead atoms. The van der Waals surface area contributed by atoms with E-state index in [1.54, 1.807) is 24.3 Å². The third-order valence-corrected chi connectivity index (χ3v) is 5.01. The fourth-order valence-corrected chi connectivity index (χ4v) is 3.91. The second-order valence-electron chi connectivity index (χ2n) is 4.06. The monoisotopic (exact) mass is 240 g/mol. The zero-order chi connectivity index (χ0) is 12.0. The average molecular weight is 240 g/mol. The summed E-state index contributed by atoms with van der Waals surface area (Å²) in [7, 11) is -3.13. The molecule has 1 aromatic carbocycles. The SMILES string of the molecule is CCCC(CCC)S(=O)(=O)c1ccccc1. The normalized spacial score (nSPS) is 11.9. The summed E-state index contributed by atoms with van der Waals surface area (Å²) in [6.45, 7) is 4.06. The lowest BCUT2D eigenvalue weighted by Gasteiger charge is -2.16. The summed E-state index contributed by atoms with van der Waals surface area (Å²) in [5.41, 5.74) is 0. The molecule has 2 nitrogen and oxygen atoms in total. The first kappa shape index (κ1) is 13.2. The molecule has 0 atom stereocenters. The minimum atomic E-state index is -3.13. The van der Waals surface area contributed by atoms with Gasteiger partial charge in [-0.3, -0.25) is 0 Å². The van der Waals surface area contributed by atoms with E-state index in [2.05, 4.69) is 0 Å². The first-order valence-electron chi connectivity index (χ1n) is 5.91. The second kappa shape index (κ2) is 6.04. The van der Waals surface area contributed by atoms with Crippen molar-refractivity contribution in [2.24, 2.45) is 0 Å². The molecule has 0 heterocycles. The van der Waals surface area contributed by atoms with Gasteiger partial charge in [0.1, 0.15) is 0 Å². The molecule has 0 saturated carbocycles. The molecule has 0 N–H and O–H groups in total. The van der Waals surface area contributed by atoms with Gasteiger partial charge in [0.25, 0.3) is 0 Å². The molecule has 0 aliphatic heterocycles. The smallest absolute Gasteiger partial charge is 0.181 e. The lowest BCUT2D eigenvalue weighted by molar-refractivity contribution is 0.555. The summed E-state index contributed by atoms with van der Waals surface area (Å²) in [4.78, 5) is 0.460. The van der Waals surface area contributed by atoms with Gasteiger partial charge in [0.05, 0.1) is 10.1 Å². The fourth-order valence-electron chi connectivity index (χ4n) is 1.90. The van der Waals surface area contributed by atoms with E-state index in [0.29, 0.717) is 4.90 Å². The van der Waals surface area contributed by atoms with Gasteiger partial charge >= 0.3 is 0 Å². The van der Waals surface area contributed by atoms with Crippen molar-refractivity contribution < 1.29 is 8.42 Å². The summed E-state index contributed by atoms with van der Waals surface area (Å²) in [5, 5.41) is -0.218. The van der Waals surface area contributed by atoms with Crippen molar-refractivity contribution in [1.29, 1.82) is 0 Å². The Kier molecular flexibility index (Phi) is 5.00. The van der Waals surface area contributed by atoms with Crippen LogP contribution in [-0.2, 0) is 9.84 Å². The number of sulfone groups is 1. The van der Waals surface area contributed by atoms with Gasteiger partial charge in [0.15, 0.2) is 9.84 Å². The molecule has 16 heavy (non-hydrogen) atoms. The predicted octanol–water partition coefficient (Wildman–Crippen LogP) is 3.43. The summed E-state index contributed by atoms with van der Waals surface area (Å²) in [5.74, 6) is 0. The zero-order valence-electron chi connectivity index (χ0n) is 10.0. The molecule has 0 saturated heterocycles. The van der Waals surface area contributed by atoms with E-state index in [-0.39, 0.29) is 5.25 Å². The van der Waals surface area contributed by atoms with Crippen molar-refractivity contribution >= 4 is 9.84 Å². The van der Waals surface area contributed by atoms with Crippen LogP contribution in [-0.4, -0.2) is 13.7 Å². The third-order valence-electron chi connectivity index (χ3n) is 2.73. The van der Waals surface area contributed by atoms with Crippen LogP contribution in [0.3, 0.4) is 0 Å². The maximum Gasteiger partial charge on any atom is 0.181 e. The number of hydrogen-bond acceptors (Lipinski definition) is 2. The van der Waals surface area contributed by atoms with E-state index >= 15 is 0 Å². The highest BCUT2D eigenvalue weighted by Gasteiger charge is 2.25. The molecule has 0 unspecified atom stereocenters. The lowest BCUT2D eigenvalue weighted by Crippen LogP contribution is -2.21. The molecule has 0 aliphatic carbocycles. The minimum Gasteiger partial charge on any atom is -0.223 e. The van der Waals surface area contributed by atoms with Gasteiger partial charge in [-0.25, -0.2) is 8.42 Å². The summed E-state index contributed by atoms with van der Waals surface area (Å²) in [6.07, 6.45) is 3.34. The maximum atomic E-state index is 12.3. The van der Waals surface area contributed by atoms with Crippen LogP contribution in [0.25, 0.3) is 0 Å². The van der Waals surface area contributed by atoms with Gasteiger partial charge in [0, 0.05) is 0 Å². The van der Waals surface area contributed by atoms with Crippen LogP contribution in [0.1, 0.15) is 39.5 Å². The number of rotatable bonds is 6. The molecular weight excluding hydrogens is 220 g/mol. The van der Waals surface area contributed by atoms with Crippen LogP contribution in [0, 0.1) is 0 Å². The lowest BCUT2D eigenvalue weighted by atomic mass is 10.2. The van der Waals surface area contributed by atoms with E-state index in [4.69, 9.17) is 0 Å². The Morgan fingerprint density at radius 3 is 1.94 bits per heavy atom. The Morgan fingerprint density at radius 1 is 1.00 bits per heavy atom. The molecular formula is C13H20O2S. The van der Waals surface area contributed by atoms with Crippen LogP contribution in [0.4, 0.5) is 0 Å². The Labute approximate surface area is 98.6 Å². The Bertz CT molecular complexity index is 389. The van der Waals surface area contributed by atoms with Gasteiger partial charge in [-0.2, -0.15) is 0 Å². The summed E-state index contributed by atoms with van der Waals surface area (Å²) >= 11 is 0. The van der Waals surface area contributed by atoms with Gasteiger partial charge in [-0.15, -0.1) is 0 Å². The van der Waals surface area contributed by atoms with Crippen molar-refractivity contribution in [3.63, 3.8) is 0 Å². The molecule has 1 aromatic rings. The Morgan fingerprint density at radius 2 is 1.50 bits per heavy atom. The van der Waals surface area contributed by atoms with E-state index < -0.39 is 9.84 Å². The molecule has 3 heteroatoms. The fraction of sp³-hybridized carbons (Fsp3) is 0.538. The van der Waals surface area contributed by atoms with Crippen LogP contribution >= 0.6 is 0 Å². The zero-order valence-corrected chi connectivity index (χ0v) is 10.8. The van der Waals surface area contributed by atoms with Crippen molar-refractivity contribution in [3.8, 4) is 0 Å².